The Hall–Kier alpha value is -2.60. The molecule has 1 aromatic heterocycles. The summed E-state index contributed by atoms with van der Waals surface area (Å²) in [5, 5.41) is 0.965. The van der Waals surface area contributed by atoms with Crippen LogP contribution in [-0.4, -0.2) is 35.4 Å². The zero-order valence-electron chi connectivity index (χ0n) is 14.2. The molecule has 0 spiro atoms. The van der Waals surface area contributed by atoms with Crippen molar-refractivity contribution in [2.24, 2.45) is 0 Å². The van der Waals surface area contributed by atoms with E-state index in [0.29, 0.717) is 24.2 Å². The van der Waals surface area contributed by atoms with Crippen molar-refractivity contribution in [3.63, 3.8) is 0 Å². The van der Waals surface area contributed by atoms with Crippen LogP contribution in [-0.2, 0) is 17.7 Å². The third-order valence-electron chi connectivity index (χ3n) is 4.79. The van der Waals surface area contributed by atoms with E-state index in [4.69, 9.17) is 4.74 Å². The molecule has 4 rings (SSSR count). The van der Waals surface area contributed by atoms with Gasteiger partial charge in [-0.3, -0.25) is 4.79 Å². The first-order valence-electron chi connectivity index (χ1n) is 8.34. The zero-order valence-corrected chi connectivity index (χ0v) is 15.8. The monoisotopic (exact) mass is 412 g/mol. The minimum atomic E-state index is -0.362. The topological polar surface area (TPSA) is 62.4 Å². The van der Waals surface area contributed by atoms with E-state index in [9.17, 15) is 9.59 Å². The normalized spacial score (nSPS) is 13.5. The molecular weight excluding hydrogens is 396 g/mol. The molecule has 5 nitrogen and oxygen atoms in total. The van der Waals surface area contributed by atoms with Gasteiger partial charge in [0.25, 0.3) is 5.91 Å². The summed E-state index contributed by atoms with van der Waals surface area (Å²) in [6.07, 6.45) is 0.758. The maximum atomic E-state index is 12.9. The Morgan fingerprint density at radius 3 is 2.77 bits per heavy atom. The van der Waals surface area contributed by atoms with E-state index >= 15 is 0 Å². The van der Waals surface area contributed by atoms with Gasteiger partial charge < -0.3 is 14.6 Å². The number of rotatable bonds is 2. The average molecular weight is 413 g/mol. The Kier molecular flexibility index (Phi) is 4.28. The first-order chi connectivity index (χ1) is 12.6. The van der Waals surface area contributed by atoms with Gasteiger partial charge in [-0.15, -0.1) is 0 Å². The van der Waals surface area contributed by atoms with Crippen molar-refractivity contribution in [2.75, 3.05) is 13.7 Å². The Bertz CT molecular complexity index is 1030. The highest BCUT2D eigenvalue weighted by molar-refractivity contribution is 9.10. The molecule has 3 aromatic rings. The smallest absolute Gasteiger partial charge is 0.337 e. The number of methoxy groups -OCH3 is 1. The number of carbonyl (C=O) groups excluding carboxylic acids is 2. The first kappa shape index (κ1) is 16.8. The van der Waals surface area contributed by atoms with Crippen LogP contribution in [0.15, 0.2) is 46.9 Å². The molecule has 26 heavy (non-hydrogen) atoms. The standard InChI is InChI=1S/C20H17BrN2O3/c1-26-20(25)12-6-7-17-14(10-12)15-11-23(9-8-18(15)22-17)19(24)13-4-2-3-5-16(13)21/h2-7,10,22H,8-9,11H2,1H3. The second-order valence-corrected chi connectivity index (χ2v) is 7.14. The lowest BCUT2D eigenvalue weighted by molar-refractivity contribution is 0.0600. The number of hydrogen-bond donors (Lipinski definition) is 1. The summed E-state index contributed by atoms with van der Waals surface area (Å²) < 4.78 is 5.61. The van der Waals surface area contributed by atoms with E-state index in [1.54, 1.807) is 6.07 Å². The Morgan fingerprint density at radius 1 is 1.19 bits per heavy atom. The van der Waals surface area contributed by atoms with Crippen LogP contribution in [0.3, 0.4) is 0 Å². The van der Waals surface area contributed by atoms with E-state index in [1.165, 1.54) is 7.11 Å². The van der Waals surface area contributed by atoms with Gasteiger partial charge in [0.2, 0.25) is 0 Å². The maximum Gasteiger partial charge on any atom is 0.337 e. The molecule has 0 atom stereocenters. The number of fused-ring (bicyclic) bond motifs is 3. The van der Waals surface area contributed by atoms with Crippen LogP contribution in [0, 0.1) is 0 Å². The number of halogens is 1. The van der Waals surface area contributed by atoms with Crippen LogP contribution >= 0.6 is 15.9 Å². The molecule has 0 radical (unpaired) electrons. The number of H-pyrrole nitrogens is 1. The van der Waals surface area contributed by atoms with Gasteiger partial charge in [0, 0.05) is 46.1 Å². The van der Waals surface area contributed by atoms with Crippen molar-refractivity contribution in [3.8, 4) is 0 Å². The average Bonchev–Trinajstić information content (AvgIpc) is 3.04. The fourth-order valence-electron chi connectivity index (χ4n) is 3.44. The molecule has 0 aliphatic carbocycles. The molecule has 0 saturated carbocycles. The van der Waals surface area contributed by atoms with Crippen molar-refractivity contribution in [1.29, 1.82) is 0 Å². The summed E-state index contributed by atoms with van der Waals surface area (Å²) in [6, 6.07) is 12.9. The molecule has 6 heteroatoms. The van der Waals surface area contributed by atoms with Crippen LogP contribution in [0.2, 0.25) is 0 Å². The van der Waals surface area contributed by atoms with Crippen molar-refractivity contribution in [2.45, 2.75) is 13.0 Å². The van der Waals surface area contributed by atoms with Gasteiger partial charge >= 0.3 is 5.97 Å². The SMILES string of the molecule is COC(=O)c1ccc2[nH]c3c(c2c1)CN(C(=O)c1ccccc1Br)CC3. The number of esters is 1. The van der Waals surface area contributed by atoms with Crippen LogP contribution in [0.5, 0.6) is 0 Å². The summed E-state index contributed by atoms with van der Waals surface area (Å²) in [5.41, 5.74) is 4.33. The second-order valence-electron chi connectivity index (χ2n) is 6.29. The molecule has 1 amide bonds. The largest absolute Gasteiger partial charge is 0.465 e. The summed E-state index contributed by atoms with van der Waals surface area (Å²) in [6.45, 7) is 1.17. The molecule has 132 valence electrons. The van der Waals surface area contributed by atoms with E-state index in [1.807, 2.05) is 41.3 Å². The quantitative estimate of drug-likeness (QED) is 0.648. The van der Waals surface area contributed by atoms with Gasteiger partial charge in [-0.25, -0.2) is 4.79 Å². The van der Waals surface area contributed by atoms with Gasteiger partial charge in [0.05, 0.1) is 18.2 Å². The molecular formula is C20H17BrN2O3. The number of aromatic nitrogens is 1. The van der Waals surface area contributed by atoms with Crippen molar-refractivity contribution < 1.29 is 14.3 Å². The van der Waals surface area contributed by atoms with E-state index < -0.39 is 0 Å². The van der Waals surface area contributed by atoms with Crippen molar-refractivity contribution >= 4 is 38.7 Å². The maximum absolute atomic E-state index is 12.9. The highest BCUT2D eigenvalue weighted by atomic mass is 79.9. The van der Waals surface area contributed by atoms with Gasteiger partial charge in [-0.1, -0.05) is 12.1 Å². The van der Waals surface area contributed by atoms with Gasteiger partial charge in [-0.05, 0) is 46.3 Å². The highest BCUT2D eigenvalue weighted by Gasteiger charge is 2.26. The molecule has 0 unspecified atom stereocenters. The van der Waals surface area contributed by atoms with Crippen molar-refractivity contribution in [3.05, 3.63) is 69.3 Å². The fourth-order valence-corrected chi connectivity index (χ4v) is 3.89. The number of benzene rings is 2. The number of amides is 1. The minimum Gasteiger partial charge on any atom is -0.465 e. The Labute approximate surface area is 159 Å². The summed E-state index contributed by atoms with van der Waals surface area (Å²) in [4.78, 5) is 30.0. The lowest BCUT2D eigenvalue weighted by Crippen LogP contribution is -2.36. The number of hydrogen-bond acceptors (Lipinski definition) is 3. The van der Waals surface area contributed by atoms with Crippen molar-refractivity contribution in [1.82, 2.24) is 9.88 Å². The van der Waals surface area contributed by atoms with Gasteiger partial charge in [0.1, 0.15) is 0 Å². The molecule has 1 aliphatic heterocycles. The van der Waals surface area contributed by atoms with Gasteiger partial charge in [-0.2, -0.15) is 0 Å². The zero-order chi connectivity index (χ0) is 18.3. The van der Waals surface area contributed by atoms with Crippen LogP contribution in [0.1, 0.15) is 32.0 Å². The van der Waals surface area contributed by atoms with Gasteiger partial charge in [0.15, 0.2) is 0 Å². The fraction of sp³-hybridized carbons (Fsp3) is 0.200. The molecule has 0 bridgehead atoms. The van der Waals surface area contributed by atoms with Crippen LogP contribution in [0.25, 0.3) is 10.9 Å². The molecule has 2 heterocycles. The highest BCUT2D eigenvalue weighted by Crippen LogP contribution is 2.30. The number of nitrogens with zero attached hydrogens (tertiary/aromatic N) is 1. The lowest BCUT2D eigenvalue weighted by atomic mass is 10.0. The molecule has 0 saturated heterocycles. The number of nitrogens with one attached hydrogen (secondary N) is 1. The third kappa shape index (κ3) is 2.80. The Balaban J connectivity index is 1.70. The number of carbonyl (C=O) groups is 2. The van der Waals surface area contributed by atoms with Crippen LogP contribution < -0.4 is 0 Å². The first-order valence-corrected chi connectivity index (χ1v) is 9.13. The lowest BCUT2D eigenvalue weighted by Gasteiger charge is -2.27. The molecule has 2 aromatic carbocycles. The van der Waals surface area contributed by atoms with E-state index in [2.05, 4.69) is 20.9 Å². The summed E-state index contributed by atoms with van der Waals surface area (Å²) in [7, 11) is 1.37. The summed E-state index contributed by atoms with van der Waals surface area (Å²) in [5.74, 6) is -0.361. The predicted octanol–water partition coefficient (Wildman–Crippen LogP) is 3.92. The number of ether oxygens (including phenoxy) is 1. The molecule has 1 aliphatic rings. The molecule has 1 N–H and O–H groups in total. The molecule has 0 fully saturated rings. The number of aromatic amines is 1. The summed E-state index contributed by atoms with van der Waals surface area (Å²) >= 11 is 3.46. The third-order valence-corrected chi connectivity index (χ3v) is 5.48. The Morgan fingerprint density at radius 2 is 2.00 bits per heavy atom. The van der Waals surface area contributed by atoms with E-state index in [-0.39, 0.29) is 11.9 Å². The minimum absolute atomic E-state index is 0.00148. The van der Waals surface area contributed by atoms with E-state index in [0.717, 1.165) is 33.1 Å². The van der Waals surface area contributed by atoms with Crippen LogP contribution in [0.4, 0.5) is 0 Å². The predicted molar refractivity (Wildman–Crippen MR) is 102 cm³/mol. The second kappa shape index (κ2) is 6.61.